The van der Waals surface area contributed by atoms with Gasteiger partial charge in [0.1, 0.15) is 0 Å². The Morgan fingerprint density at radius 2 is 0.562 bits per heavy atom. The van der Waals surface area contributed by atoms with Gasteiger partial charge in [-0.1, -0.05) is 146 Å². The van der Waals surface area contributed by atoms with Crippen molar-refractivity contribution < 1.29 is 0 Å². The fraction of sp³-hybridized carbons (Fsp3) is 0. The van der Waals surface area contributed by atoms with E-state index >= 15 is 0 Å². The molecule has 0 N–H and O–H groups in total. The van der Waals surface area contributed by atoms with Crippen LogP contribution in [0.2, 0.25) is 0 Å². The fourth-order valence-corrected chi connectivity index (χ4v) is 9.00. The number of hydrogen-bond acceptors (Lipinski definition) is 3. The first-order chi connectivity index (χ1) is 31.8. The third-order valence-corrected chi connectivity index (χ3v) is 11.9. The van der Waals surface area contributed by atoms with Gasteiger partial charge in [-0.3, -0.25) is 0 Å². The van der Waals surface area contributed by atoms with E-state index in [1.54, 1.807) is 0 Å². The largest absolute Gasteiger partial charge is 0.310 e. The van der Waals surface area contributed by atoms with E-state index in [2.05, 4.69) is 286 Å². The second-order valence-corrected chi connectivity index (χ2v) is 15.9. The molecule has 0 saturated carbocycles. The standard InChI is InChI=1S/C60H44N4/c1-6-20-45(21-7-1)46-36-38-51(39-37-46)62(49-26-12-4-13-27-49)53-31-19-33-55(43-53)63(54-32-18-30-52(42-54)61(47-22-8-2-9-23-47)48-24-10-3-11-25-48)56-40-41-60-58(44-56)57-34-16-17-35-59(57)64(60)50-28-14-5-15-29-50/h1-44H. The molecule has 0 aliphatic rings. The van der Waals surface area contributed by atoms with Crippen LogP contribution in [0, 0.1) is 0 Å². The van der Waals surface area contributed by atoms with Crippen molar-refractivity contribution in [1.82, 2.24) is 4.57 Å². The fourth-order valence-electron chi connectivity index (χ4n) is 9.00. The topological polar surface area (TPSA) is 14.7 Å². The molecule has 304 valence electrons. The van der Waals surface area contributed by atoms with Crippen LogP contribution in [0.4, 0.5) is 51.2 Å². The van der Waals surface area contributed by atoms with E-state index in [0.29, 0.717) is 0 Å². The number of fused-ring (bicyclic) bond motifs is 3. The quantitative estimate of drug-likeness (QED) is 0.129. The zero-order valence-electron chi connectivity index (χ0n) is 35.2. The second-order valence-electron chi connectivity index (χ2n) is 15.9. The van der Waals surface area contributed by atoms with Gasteiger partial charge in [-0.2, -0.15) is 0 Å². The summed E-state index contributed by atoms with van der Waals surface area (Å²) < 4.78 is 2.37. The Labute approximate surface area is 374 Å². The van der Waals surface area contributed by atoms with Crippen LogP contribution in [0.25, 0.3) is 38.6 Å². The highest BCUT2D eigenvalue weighted by Gasteiger charge is 2.21. The molecule has 0 fully saturated rings. The Morgan fingerprint density at radius 1 is 0.219 bits per heavy atom. The van der Waals surface area contributed by atoms with E-state index < -0.39 is 0 Å². The lowest BCUT2D eigenvalue weighted by molar-refractivity contribution is 1.18. The monoisotopic (exact) mass is 820 g/mol. The highest BCUT2D eigenvalue weighted by atomic mass is 15.2. The summed E-state index contributed by atoms with van der Waals surface area (Å²) in [6.07, 6.45) is 0. The molecule has 10 aromatic carbocycles. The lowest BCUT2D eigenvalue weighted by atomic mass is 10.0. The maximum atomic E-state index is 2.40. The van der Waals surface area contributed by atoms with Crippen molar-refractivity contribution in [3.8, 4) is 16.8 Å². The van der Waals surface area contributed by atoms with Crippen LogP contribution in [-0.4, -0.2) is 4.57 Å². The highest BCUT2D eigenvalue weighted by molar-refractivity contribution is 6.10. The zero-order valence-corrected chi connectivity index (χ0v) is 35.2. The SMILES string of the molecule is c1ccc(-c2ccc(N(c3ccccc3)c3cccc(N(c4cccc(N(c5ccccc5)c5ccccc5)c4)c4ccc5c(c4)c4ccccc4n5-c4ccccc4)c3)cc2)cc1. The van der Waals surface area contributed by atoms with Gasteiger partial charge in [0.05, 0.1) is 11.0 Å². The summed E-state index contributed by atoms with van der Waals surface area (Å²) in [4.78, 5) is 7.07. The maximum Gasteiger partial charge on any atom is 0.0542 e. The number of nitrogens with zero attached hydrogens (tertiary/aromatic N) is 4. The molecule has 0 bridgehead atoms. The van der Waals surface area contributed by atoms with Gasteiger partial charge >= 0.3 is 0 Å². The minimum Gasteiger partial charge on any atom is -0.310 e. The van der Waals surface area contributed by atoms with Gasteiger partial charge < -0.3 is 19.3 Å². The van der Waals surface area contributed by atoms with E-state index in [4.69, 9.17) is 0 Å². The van der Waals surface area contributed by atoms with Gasteiger partial charge in [0.2, 0.25) is 0 Å². The molecule has 11 aromatic rings. The summed E-state index contributed by atoms with van der Waals surface area (Å²) in [7, 11) is 0. The molecular weight excluding hydrogens is 777 g/mol. The molecule has 0 aliphatic carbocycles. The first-order valence-electron chi connectivity index (χ1n) is 21.8. The van der Waals surface area contributed by atoms with Gasteiger partial charge in [0.15, 0.2) is 0 Å². The average Bonchev–Trinajstić information content (AvgIpc) is 3.70. The highest BCUT2D eigenvalue weighted by Crippen LogP contribution is 2.45. The lowest BCUT2D eigenvalue weighted by Crippen LogP contribution is -2.14. The number of benzene rings is 10. The van der Waals surface area contributed by atoms with Crippen molar-refractivity contribution in [2.45, 2.75) is 0 Å². The van der Waals surface area contributed by atoms with Crippen molar-refractivity contribution in [3.63, 3.8) is 0 Å². The van der Waals surface area contributed by atoms with E-state index in [1.807, 2.05) is 0 Å². The lowest BCUT2D eigenvalue weighted by Gasteiger charge is -2.31. The maximum absolute atomic E-state index is 2.40. The predicted octanol–water partition coefficient (Wildman–Crippen LogP) is 16.9. The van der Waals surface area contributed by atoms with E-state index in [9.17, 15) is 0 Å². The summed E-state index contributed by atoms with van der Waals surface area (Å²) in [6, 6.07) is 95.4. The summed E-state index contributed by atoms with van der Waals surface area (Å²) >= 11 is 0. The van der Waals surface area contributed by atoms with Gasteiger partial charge in [-0.05, 0) is 132 Å². The van der Waals surface area contributed by atoms with Gasteiger partial charge in [-0.15, -0.1) is 0 Å². The number of para-hydroxylation sites is 5. The first-order valence-corrected chi connectivity index (χ1v) is 21.8. The van der Waals surface area contributed by atoms with Crippen LogP contribution in [0.15, 0.2) is 267 Å². The predicted molar refractivity (Wildman–Crippen MR) is 270 cm³/mol. The normalized spacial score (nSPS) is 11.1. The van der Waals surface area contributed by atoms with E-state index in [0.717, 1.165) is 62.4 Å². The molecule has 1 aromatic heterocycles. The number of hydrogen-bond donors (Lipinski definition) is 0. The molecule has 0 amide bonds. The van der Waals surface area contributed by atoms with Crippen molar-refractivity contribution in [1.29, 1.82) is 0 Å². The molecule has 0 saturated heterocycles. The molecule has 11 rings (SSSR count). The van der Waals surface area contributed by atoms with Crippen LogP contribution < -0.4 is 14.7 Å². The minimum atomic E-state index is 1.04. The molecular formula is C60H44N4. The summed E-state index contributed by atoms with van der Waals surface area (Å²) in [6.45, 7) is 0. The second kappa shape index (κ2) is 17.0. The molecule has 0 spiro atoms. The Balaban J connectivity index is 1.10. The summed E-state index contributed by atoms with van der Waals surface area (Å²) in [5, 5.41) is 2.40. The third kappa shape index (κ3) is 7.33. The zero-order chi connectivity index (χ0) is 42.7. The number of rotatable bonds is 11. The third-order valence-electron chi connectivity index (χ3n) is 11.9. The molecule has 0 radical (unpaired) electrons. The van der Waals surface area contributed by atoms with Gasteiger partial charge in [0.25, 0.3) is 0 Å². The van der Waals surface area contributed by atoms with Gasteiger partial charge in [-0.25, -0.2) is 0 Å². The molecule has 4 heteroatoms. The Morgan fingerprint density at radius 3 is 1.08 bits per heavy atom. The number of anilines is 9. The van der Waals surface area contributed by atoms with Gasteiger partial charge in [0, 0.05) is 67.6 Å². The molecule has 64 heavy (non-hydrogen) atoms. The molecule has 0 unspecified atom stereocenters. The molecule has 1 heterocycles. The number of aromatic nitrogens is 1. The molecule has 0 atom stereocenters. The van der Waals surface area contributed by atoms with Crippen LogP contribution in [-0.2, 0) is 0 Å². The van der Waals surface area contributed by atoms with E-state index in [-0.39, 0.29) is 0 Å². The molecule has 4 nitrogen and oxygen atoms in total. The Kier molecular flexibility index (Phi) is 10.2. The Hall–Kier alpha value is -8.60. The van der Waals surface area contributed by atoms with Crippen LogP contribution >= 0.6 is 0 Å². The smallest absolute Gasteiger partial charge is 0.0542 e. The average molecular weight is 821 g/mol. The minimum absolute atomic E-state index is 1.04. The van der Waals surface area contributed by atoms with Crippen LogP contribution in [0.5, 0.6) is 0 Å². The van der Waals surface area contributed by atoms with E-state index in [1.165, 1.54) is 27.4 Å². The van der Waals surface area contributed by atoms with Crippen LogP contribution in [0.3, 0.4) is 0 Å². The van der Waals surface area contributed by atoms with Crippen LogP contribution in [0.1, 0.15) is 0 Å². The van der Waals surface area contributed by atoms with Crippen molar-refractivity contribution >= 4 is 73.0 Å². The summed E-state index contributed by atoms with van der Waals surface area (Å²) in [5.41, 5.74) is 15.4. The first kappa shape index (κ1) is 38.3. The van der Waals surface area contributed by atoms with Crippen molar-refractivity contribution in [3.05, 3.63) is 267 Å². The summed E-state index contributed by atoms with van der Waals surface area (Å²) in [5.74, 6) is 0. The van der Waals surface area contributed by atoms with Crippen molar-refractivity contribution in [2.24, 2.45) is 0 Å². The molecule has 0 aliphatic heterocycles. The van der Waals surface area contributed by atoms with Crippen molar-refractivity contribution in [2.75, 3.05) is 14.7 Å². The Bertz CT molecular complexity index is 3270.